The maximum absolute atomic E-state index is 10.6. The summed E-state index contributed by atoms with van der Waals surface area (Å²) in [4.78, 5) is 4.79. The molecule has 2 N–H and O–H groups in total. The van der Waals surface area contributed by atoms with E-state index in [0.717, 1.165) is 44.4 Å². The van der Waals surface area contributed by atoms with Crippen LogP contribution in [0.15, 0.2) is 42.5 Å². The molecule has 4 rings (SSSR count). The molecule has 0 saturated carbocycles. The third-order valence-electron chi connectivity index (χ3n) is 4.58. The van der Waals surface area contributed by atoms with Crippen LogP contribution in [0, 0.1) is 13.8 Å². The van der Waals surface area contributed by atoms with E-state index in [2.05, 4.69) is 6.07 Å². The second-order valence-electron chi connectivity index (χ2n) is 6.00. The van der Waals surface area contributed by atoms with Gasteiger partial charge in [0, 0.05) is 16.5 Å². The van der Waals surface area contributed by atoms with Gasteiger partial charge in [0.05, 0.1) is 11.2 Å². The number of rotatable bonds is 0. The number of nitrogens with zero attached hydrogens (tertiary/aromatic N) is 1. The van der Waals surface area contributed by atoms with Gasteiger partial charge in [0.2, 0.25) is 0 Å². The van der Waals surface area contributed by atoms with Gasteiger partial charge < -0.3 is 10.2 Å². The average Bonchev–Trinajstić information content (AvgIpc) is 2.52. The van der Waals surface area contributed by atoms with E-state index in [-0.39, 0.29) is 0 Å². The fourth-order valence-electron chi connectivity index (χ4n) is 3.42. The molecule has 0 saturated heterocycles. The summed E-state index contributed by atoms with van der Waals surface area (Å²) in [5.41, 5.74) is 6.23. The van der Waals surface area contributed by atoms with Gasteiger partial charge in [0.25, 0.3) is 0 Å². The highest BCUT2D eigenvalue weighted by Crippen LogP contribution is 2.46. The second kappa shape index (κ2) is 4.63. The Morgan fingerprint density at radius 3 is 2.55 bits per heavy atom. The van der Waals surface area contributed by atoms with Crippen LogP contribution in [-0.2, 0) is 0 Å². The quantitative estimate of drug-likeness (QED) is 0.665. The van der Waals surface area contributed by atoms with Crippen LogP contribution in [0.5, 0.6) is 0 Å². The molecule has 2 atom stereocenters. The smallest absolute Gasteiger partial charge is 0.111 e. The van der Waals surface area contributed by atoms with Crippen molar-refractivity contribution < 1.29 is 10.2 Å². The highest BCUT2D eigenvalue weighted by atomic mass is 16.3. The molecule has 2 aromatic carbocycles. The number of fused-ring (bicyclic) bond motifs is 4. The number of hydrogen-bond acceptors (Lipinski definition) is 3. The second-order valence-corrected chi connectivity index (χ2v) is 6.00. The summed E-state index contributed by atoms with van der Waals surface area (Å²) in [5, 5.41) is 22.0. The summed E-state index contributed by atoms with van der Waals surface area (Å²) in [7, 11) is 0. The first-order chi connectivity index (χ1) is 10.6. The normalized spacial score (nSPS) is 19.8. The van der Waals surface area contributed by atoms with Crippen molar-refractivity contribution in [2.75, 3.05) is 0 Å². The molecule has 3 heteroatoms. The van der Waals surface area contributed by atoms with E-state index in [4.69, 9.17) is 4.98 Å². The van der Waals surface area contributed by atoms with Crippen molar-refractivity contribution in [3.63, 3.8) is 0 Å². The molecule has 1 heterocycles. The molecule has 3 aromatic rings. The largest absolute Gasteiger partial charge is 0.385 e. The van der Waals surface area contributed by atoms with Crippen LogP contribution in [0.1, 0.15) is 34.5 Å². The van der Waals surface area contributed by atoms with Gasteiger partial charge in [-0.1, -0.05) is 36.4 Å². The van der Waals surface area contributed by atoms with E-state index < -0.39 is 12.2 Å². The SMILES string of the molecule is Cc1ccc2c(C)c3c(nc2c1)-c1ccccc1[C@H](O)[C@H]3O. The Balaban J connectivity index is 2.14. The topological polar surface area (TPSA) is 53.4 Å². The van der Waals surface area contributed by atoms with E-state index in [1.807, 2.05) is 50.2 Å². The summed E-state index contributed by atoms with van der Waals surface area (Å²) in [5.74, 6) is 0. The van der Waals surface area contributed by atoms with Gasteiger partial charge in [0.1, 0.15) is 12.2 Å². The number of aliphatic hydroxyl groups excluding tert-OH is 2. The Kier molecular flexibility index (Phi) is 2.83. The van der Waals surface area contributed by atoms with E-state index >= 15 is 0 Å². The van der Waals surface area contributed by atoms with Crippen molar-refractivity contribution in [1.82, 2.24) is 4.98 Å². The van der Waals surface area contributed by atoms with Gasteiger partial charge in [-0.25, -0.2) is 4.98 Å². The van der Waals surface area contributed by atoms with Crippen molar-refractivity contribution in [2.24, 2.45) is 0 Å². The van der Waals surface area contributed by atoms with Crippen LogP contribution >= 0.6 is 0 Å². The average molecular weight is 291 g/mol. The van der Waals surface area contributed by atoms with Gasteiger partial charge in [0.15, 0.2) is 0 Å². The number of aromatic nitrogens is 1. The van der Waals surface area contributed by atoms with Crippen molar-refractivity contribution in [3.05, 3.63) is 64.7 Å². The minimum atomic E-state index is -0.942. The molecule has 0 spiro atoms. The first-order valence-electron chi connectivity index (χ1n) is 7.44. The minimum Gasteiger partial charge on any atom is -0.385 e. The number of aryl methyl sites for hydroxylation is 2. The number of aliphatic hydroxyl groups is 2. The van der Waals surface area contributed by atoms with Gasteiger partial charge in [-0.2, -0.15) is 0 Å². The molecule has 0 aliphatic heterocycles. The van der Waals surface area contributed by atoms with E-state index in [1.54, 1.807) is 0 Å². The van der Waals surface area contributed by atoms with Crippen molar-refractivity contribution in [3.8, 4) is 11.3 Å². The molecule has 0 fully saturated rings. The third-order valence-corrected chi connectivity index (χ3v) is 4.58. The predicted octanol–water partition coefficient (Wildman–Crippen LogP) is 3.60. The van der Waals surface area contributed by atoms with Crippen LogP contribution in [0.25, 0.3) is 22.2 Å². The molecule has 1 aromatic heterocycles. The van der Waals surface area contributed by atoms with Crippen molar-refractivity contribution in [2.45, 2.75) is 26.1 Å². The Labute approximate surface area is 128 Å². The Morgan fingerprint density at radius 1 is 0.955 bits per heavy atom. The lowest BCUT2D eigenvalue weighted by Crippen LogP contribution is -2.19. The number of benzene rings is 2. The maximum atomic E-state index is 10.6. The molecule has 0 amide bonds. The van der Waals surface area contributed by atoms with Gasteiger partial charge in [-0.3, -0.25) is 0 Å². The van der Waals surface area contributed by atoms with Gasteiger partial charge in [-0.05, 0) is 36.6 Å². The van der Waals surface area contributed by atoms with E-state index in [0.29, 0.717) is 0 Å². The monoisotopic (exact) mass is 291 g/mol. The predicted molar refractivity (Wildman–Crippen MR) is 86.6 cm³/mol. The molecule has 3 nitrogen and oxygen atoms in total. The lowest BCUT2D eigenvalue weighted by molar-refractivity contribution is 0.0152. The number of pyridine rings is 1. The zero-order chi connectivity index (χ0) is 15.4. The summed E-state index contributed by atoms with van der Waals surface area (Å²) < 4.78 is 0. The molecular formula is C19H17NO2. The Morgan fingerprint density at radius 2 is 1.73 bits per heavy atom. The number of hydrogen-bond donors (Lipinski definition) is 2. The van der Waals surface area contributed by atoms with Crippen LogP contribution in [0.2, 0.25) is 0 Å². The van der Waals surface area contributed by atoms with E-state index in [9.17, 15) is 10.2 Å². The summed E-state index contributed by atoms with van der Waals surface area (Å²) in [6, 6.07) is 13.8. The molecule has 22 heavy (non-hydrogen) atoms. The minimum absolute atomic E-state index is 0.737. The first-order valence-corrected chi connectivity index (χ1v) is 7.44. The molecule has 0 unspecified atom stereocenters. The fourth-order valence-corrected chi connectivity index (χ4v) is 3.42. The maximum Gasteiger partial charge on any atom is 0.111 e. The summed E-state index contributed by atoms with van der Waals surface area (Å²) >= 11 is 0. The van der Waals surface area contributed by atoms with Crippen molar-refractivity contribution >= 4 is 10.9 Å². The fraction of sp³-hybridized carbons (Fsp3) is 0.211. The van der Waals surface area contributed by atoms with Crippen LogP contribution in [0.4, 0.5) is 0 Å². The molecule has 0 radical (unpaired) electrons. The zero-order valence-electron chi connectivity index (χ0n) is 12.5. The zero-order valence-corrected chi connectivity index (χ0v) is 12.5. The molecular weight excluding hydrogens is 274 g/mol. The molecule has 1 aliphatic rings. The van der Waals surface area contributed by atoms with Gasteiger partial charge >= 0.3 is 0 Å². The Hall–Kier alpha value is -2.23. The first kappa shape index (κ1) is 13.4. The molecule has 110 valence electrons. The van der Waals surface area contributed by atoms with Crippen LogP contribution in [-0.4, -0.2) is 15.2 Å². The summed E-state index contributed by atoms with van der Waals surface area (Å²) in [6.45, 7) is 4.03. The van der Waals surface area contributed by atoms with Crippen molar-refractivity contribution in [1.29, 1.82) is 0 Å². The Bertz CT molecular complexity index is 901. The van der Waals surface area contributed by atoms with Crippen LogP contribution < -0.4 is 0 Å². The van der Waals surface area contributed by atoms with Gasteiger partial charge in [-0.15, -0.1) is 0 Å². The highest BCUT2D eigenvalue weighted by molar-refractivity contribution is 5.89. The third kappa shape index (κ3) is 1.73. The lowest BCUT2D eigenvalue weighted by atomic mass is 9.82. The molecule has 0 bridgehead atoms. The lowest BCUT2D eigenvalue weighted by Gasteiger charge is -2.30. The van der Waals surface area contributed by atoms with E-state index in [1.165, 1.54) is 0 Å². The standard InChI is InChI=1S/C19H17NO2/c1-10-7-8-12-11(2)16-17(20-15(12)9-10)13-5-3-4-6-14(13)18(21)19(16)22/h3-9,18-19,21-22H,1-2H3/t18-,19-/m0/s1. The van der Waals surface area contributed by atoms with Crippen LogP contribution in [0.3, 0.4) is 0 Å². The summed E-state index contributed by atoms with van der Waals surface area (Å²) in [6.07, 6.45) is -1.85. The molecule has 1 aliphatic carbocycles. The highest BCUT2D eigenvalue weighted by Gasteiger charge is 2.33.